The van der Waals surface area contributed by atoms with Crippen molar-refractivity contribution in [3.05, 3.63) is 48.0 Å². The van der Waals surface area contributed by atoms with Crippen molar-refractivity contribution in [3.8, 4) is 0 Å². The average molecular weight is 335 g/mol. The van der Waals surface area contributed by atoms with Gasteiger partial charge < -0.3 is 9.53 Å². The zero-order valence-electron chi connectivity index (χ0n) is 15.7. The molecule has 0 radical (unpaired) electrons. The van der Waals surface area contributed by atoms with Gasteiger partial charge in [-0.15, -0.1) is 6.58 Å². The Labute approximate surface area is 143 Å². The van der Waals surface area contributed by atoms with Gasteiger partial charge in [0.15, 0.2) is 8.32 Å². The van der Waals surface area contributed by atoms with Crippen molar-refractivity contribution >= 4 is 8.32 Å². The third kappa shape index (κ3) is 5.59. The number of allylic oxidation sites excluding steroid dienone is 1. The molecule has 0 aromatic heterocycles. The van der Waals surface area contributed by atoms with Gasteiger partial charge in [-0.2, -0.15) is 0 Å². The Bertz CT molecular complexity index is 503. The van der Waals surface area contributed by atoms with Crippen LogP contribution in [-0.4, -0.2) is 19.5 Å². The standard InChI is InChI=1S/C20H34O2Si/c1-8-12-16-13-10-11-14-18(16)19(21)15-17(9-2)22-23(6,7)20(3,4)5/h8,10-11,13-14,17,19,21H,1,9,12,15H2,2-7H3/t17-,19+/m0/s1. The summed E-state index contributed by atoms with van der Waals surface area (Å²) in [6.45, 7) is 17.2. The molecule has 0 amide bonds. The van der Waals surface area contributed by atoms with Crippen LogP contribution in [0, 0.1) is 0 Å². The van der Waals surface area contributed by atoms with Gasteiger partial charge in [-0.05, 0) is 42.1 Å². The Kier molecular flexibility index (Phi) is 7.24. The minimum atomic E-state index is -1.81. The van der Waals surface area contributed by atoms with Crippen LogP contribution in [0.5, 0.6) is 0 Å². The van der Waals surface area contributed by atoms with E-state index in [1.165, 1.54) is 0 Å². The predicted molar refractivity (Wildman–Crippen MR) is 102 cm³/mol. The molecule has 2 atom stereocenters. The summed E-state index contributed by atoms with van der Waals surface area (Å²) < 4.78 is 6.50. The van der Waals surface area contributed by atoms with E-state index >= 15 is 0 Å². The number of rotatable bonds is 8. The van der Waals surface area contributed by atoms with Crippen LogP contribution in [0.2, 0.25) is 18.1 Å². The van der Waals surface area contributed by atoms with Crippen molar-refractivity contribution in [2.45, 2.75) is 77.3 Å². The molecule has 1 N–H and O–H groups in total. The molecular formula is C20H34O2Si. The first-order valence-electron chi connectivity index (χ1n) is 8.67. The molecule has 23 heavy (non-hydrogen) atoms. The summed E-state index contributed by atoms with van der Waals surface area (Å²) >= 11 is 0. The Balaban J connectivity index is 2.85. The molecule has 0 saturated carbocycles. The third-order valence-electron chi connectivity index (χ3n) is 4.99. The van der Waals surface area contributed by atoms with E-state index in [9.17, 15) is 5.11 Å². The summed E-state index contributed by atoms with van der Waals surface area (Å²) in [5.41, 5.74) is 2.15. The van der Waals surface area contributed by atoms with E-state index in [1.807, 2.05) is 24.3 Å². The summed E-state index contributed by atoms with van der Waals surface area (Å²) in [5.74, 6) is 0. The maximum Gasteiger partial charge on any atom is 0.192 e. The summed E-state index contributed by atoms with van der Waals surface area (Å²) in [6.07, 6.45) is 3.86. The molecule has 0 heterocycles. The second-order valence-corrected chi connectivity index (χ2v) is 12.6. The first-order chi connectivity index (χ1) is 10.6. The molecule has 0 aliphatic heterocycles. The monoisotopic (exact) mass is 334 g/mol. The van der Waals surface area contributed by atoms with Crippen LogP contribution in [0.25, 0.3) is 0 Å². The molecule has 1 rings (SSSR count). The van der Waals surface area contributed by atoms with Crippen molar-refractivity contribution in [2.24, 2.45) is 0 Å². The smallest absolute Gasteiger partial charge is 0.192 e. The zero-order valence-corrected chi connectivity index (χ0v) is 16.7. The minimum Gasteiger partial charge on any atom is -0.414 e. The predicted octanol–water partition coefficient (Wildman–Crippen LogP) is 5.64. The van der Waals surface area contributed by atoms with Gasteiger partial charge in [0.2, 0.25) is 0 Å². The minimum absolute atomic E-state index is 0.0997. The van der Waals surface area contributed by atoms with Crippen LogP contribution < -0.4 is 0 Å². The van der Waals surface area contributed by atoms with Gasteiger partial charge in [-0.25, -0.2) is 0 Å². The van der Waals surface area contributed by atoms with Gasteiger partial charge in [0.1, 0.15) is 0 Å². The van der Waals surface area contributed by atoms with Gasteiger partial charge in [-0.1, -0.05) is 58.0 Å². The molecular weight excluding hydrogens is 300 g/mol. The van der Waals surface area contributed by atoms with Crippen molar-refractivity contribution in [1.82, 2.24) is 0 Å². The third-order valence-corrected chi connectivity index (χ3v) is 9.52. The molecule has 0 fully saturated rings. The molecule has 1 aromatic carbocycles. The topological polar surface area (TPSA) is 29.5 Å². The molecule has 0 aliphatic carbocycles. The molecule has 0 unspecified atom stereocenters. The normalized spacial score (nSPS) is 15.3. The molecule has 0 saturated heterocycles. The zero-order chi connectivity index (χ0) is 17.7. The van der Waals surface area contributed by atoms with Crippen LogP contribution in [-0.2, 0) is 10.8 Å². The van der Waals surface area contributed by atoms with Crippen LogP contribution in [0.15, 0.2) is 36.9 Å². The van der Waals surface area contributed by atoms with E-state index in [-0.39, 0.29) is 11.1 Å². The van der Waals surface area contributed by atoms with E-state index in [0.717, 1.165) is 24.0 Å². The summed E-state index contributed by atoms with van der Waals surface area (Å²) in [6, 6.07) is 8.08. The van der Waals surface area contributed by atoms with Crippen LogP contribution in [0.4, 0.5) is 0 Å². The Morgan fingerprint density at radius 3 is 2.39 bits per heavy atom. The highest BCUT2D eigenvalue weighted by atomic mass is 28.4. The first kappa shape index (κ1) is 20.1. The average Bonchev–Trinajstić information content (AvgIpc) is 2.46. The van der Waals surface area contributed by atoms with Crippen molar-refractivity contribution < 1.29 is 9.53 Å². The molecule has 0 aliphatic rings. The highest BCUT2D eigenvalue weighted by Crippen LogP contribution is 2.38. The second-order valence-electron chi connectivity index (χ2n) is 7.85. The lowest BCUT2D eigenvalue weighted by molar-refractivity contribution is 0.0837. The van der Waals surface area contributed by atoms with Gasteiger partial charge in [0.05, 0.1) is 6.10 Å². The maximum absolute atomic E-state index is 10.7. The van der Waals surface area contributed by atoms with Gasteiger partial charge in [-0.3, -0.25) is 0 Å². The van der Waals surface area contributed by atoms with E-state index in [1.54, 1.807) is 0 Å². The lowest BCUT2D eigenvalue weighted by Gasteiger charge is -2.39. The van der Waals surface area contributed by atoms with E-state index in [4.69, 9.17) is 4.43 Å². The highest BCUT2D eigenvalue weighted by molar-refractivity contribution is 6.74. The van der Waals surface area contributed by atoms with Gasteiger partial charge >= 0.3 is 0 Å². The number of aliphatic hydroxyl groups excluding tert-OH is 1. The number of hydrogen-bond acceptors (Lipinski definition) is 2. The second kappa shape index (κ2) is 8.27. The molecule has 130 valence electrons. The van der Waals surface area contributed by atoms with Crippen molar-refractivity contribution in [3.63, 3.8) is 0 Å². The molecule has 1 aromatic rings. The van der Waals surface area contributed by atoms with E-state index in [0.29, 0.717) is 6.42 Å². The number of hydrogen-bond donors (Lipinski definition) is 1. The fraction of sp³-hybridized carbons (Fsp3) is 0.600. The Morgan fingerprint density at radius 2 is 1.87 bits per heavy atom. The van der Waals surface area contributed by atoms with Crippen molar-refractivity contribution in [2.75, 3.05) is 0 Å². The Morgan fingerprint density at radius 1 is 1.26 bits per heavy atom. The lowest BCUT2D eigenvalue weighted by atomic mass is 9.96. The fourth-order valence-corrected chi connectivity index (χ4v) is 3.92. The Hall–Kier alpha value is -0.903. The van der Waals surface area contributed by atoms with Crippen molar-refractivity contribution in [1.29, 1.82) is 0 Å². The lowest BCUT2D eigenvalue weighted by Crippen LogP contribution is -2.44. The van der Waals surface area contributed by atoms with Crippen LogP contribution in [0.3, 0.4) is 0 Å². The highest BCUT2D eigenvalue weighted by Gasteiger charge is 2.39. The van der Waals surface area contributed by atoms with Gasteiger partial charge in [0, 0.05) is 12.5 Å². The summed E-state index contributed by atoms with van der Waals surface area (Å²) in [7, 11) is -1.81. The van der Waals surface area contributed by atoms with E-state index < -0.39 is 14.4 Å². The number of benzene rings is 1. The summed E-state index contributed by atoms with van der Waals surface area (Å²) in [5, 5.41) is 10.9. The molecule has 3 heteroatoms. The van der Waals surface area contributed by atoms with Crippen LogP contribution >= 0.6 is 0 Å². The SMILES string of the molecule is C=CCc1ccccc1[C@H](O)C[C@H](CC)O[Si](C)(C)C(C)(C)C. The quantitative estimate of drug-likeness (QED) is 0.492. The summed E-state index contributed by atoms with van der Waals surface area (Å²) in [4.78, 5) is 0. The largest absolute Gasteiger partial charge is 0.414 e. The fourth-order valence-electron chi connectivity index (χ4n) is 2.47. The molecule has 0 bridgehead atoms. The number of aliphatic hydroxyl groups is 1. The van der Waals surface area contributed by atoms with Gasteiger partial charge in [0.25, 0.3) is 0 Å². The maximum atomic E-state index is 10.7. The first-order valence-corrected chi connectivity index (χ1v) is 11.6. The van der Waals surface area contributed by atoms with Crippen LogP contribution in [0.1, 0.15) is 57.8 Å². The molecule has 0 spiro atoms. The molecule has 2 nitrogen and oxygen atoms in total. The van der Waals surface area contributed by atoms with E-state index in [2.05, 4.69) is 53.4 Å².